The maximum Gasteiger partial charge on any atom is 0.252 e. The van der Waals surface area contributed by atoms with Crippen LogP contribution < -0.4 is 5.32 Å². The lowest BCUT2D eigenvalue weighted by atomic mass is 10.1. The molecule has 24 heavy (non-hydrogen) atoms. The van der Waals surface area contributed by atoms with Crippen molar-refractivity contribution in [3.8, 4) is 11.3 Å². The van der Waals surface area contributed by atoms with Crippen LogP contribution in [0.15, 0.2) is 51.6 Å². The molecule has 0 radical (unpaired) electrons. The van der Waals surface area contributed by atoms with E-state index in [0.29, 0.717) is 18.7 Å². The number of carbonyl (C=O) groups is 1. The van der Waals surface area contributed by atoms with Gasteiger partial charge >= 0.3 is 0 Å². The highest BCUT2D eigenvalue weighted by molar-refractivity contribution is 9.10. The molecule has 0 unspecified atom stereocenters. The van der Waals surface area contributed by atoms with E-state index in [9.17, 15) is 4.79 Å². The van der Waals surface area contributed by atoms with Gasteiger partial charge < -0.3 is 9.73 Å². The third-order valence-corrected chi connectivity index (χ3v) is 4.57. The number of nitrogens with zero attached hydrogens (tertiary/aromatic N) is 2. The summed E-state index contributed by atoms with van der Waals surface area (Å²) >= 11 is 3.39. The first-order chi connectivity index (χ1) is 11.6. The minimum Gasteiger partial charge on any atom is -0.464 e. The predicted molar refractivity (Wildman–Crippen MR) is 95.9 cm³/mol. The van der Waals surface area contributed by atoms with E-state index in [1.54, 1.807) is 12.3 Å². The van der Waals surface area contributed by atoms with Crippen LogP contribution in [0.25, 0.3) is 11.3 Å². The molecule has 0 saturated carbocycles. The van der Waals surface area contributed by atoms with Gasteiger partial charge in [-0.25, -0.2) is 0 Å². The van der Waals surface area contributed by atoms with Gasteiger partial charge in [0.25, 0.3) is 5.91 Å². The fourth-order valence-corrected chi connectivity index (χ4v) is 3.17. The average molecular weight is 388 g/mol. The van der Waals surface area contributed by atoms with E-state index in [1.165, 1.54) is 0 Å². The number of halogens is 1. The molecule has 2 heterocycles. The fraction of sp³-hybridized carbons (Fsp3) is 0.222. The second-order valence-electron chi connectivity index (χ2n) is 5.48. The van der Waals surface area contributed by atoms with E-state index in [2.05, 4.69) is 26.3 Å². The van der Waals surface area contributed by atoms with Crippen molar-refractivity contribution in [3.05, 3.63) is 64.1 Å². The molecule has 3 aromatic rings. The molecule has 6 heteroatoms. The molecule has 0 aliphatic carbocycles. The van der Waals surface area contributed by atoms with Gasteiger partial charge in [0.05, 0.1) is 29.6 Å². The van der Waals surface area contributed by atoms with Crippen molar-refractivity contribution in [3.63, 3.8) is 0 Å². The molecule has 1 aromatic carbocycles. The van der Waals surface area contributed by atoms with E-state index < -0.39 is 0 Å². The number of aryl methyl sites for hydroxylation is 1. The van der Waals surface area contributed by atoms with Crippen molar-refractivity contribution in [2.24, 2.45) is 0 Å². The van der Waals surface area contributed by atoms with Crippen molar-refractivity contribution >= 4 is 21.8 Å². The highest BCUT2D eigenvalue weighted by Gasteiger charge is 2.15. The summed E-state index contributed by atoms with van der Waals surface area (Å²) in [6.07, 6.45) is 1.66. The standard InChI is InChI=1S/C18H18BrN3O2/c1-12-17(16-8-5-11-24-16)13(2)22(21-12)10-9-20-18(23)14-6-3-4-7-15(14)19/h3-8,11H,9-10H2,1-2H3,(H,20,23). The van der Waals surface area contributed by atoms with Gasteiger partial charge in [-0.1, -0.05) is 12.1 Å². The zero-order valence-electron chi connectivity index (χ0n) is 13.5. The maximum atomic E-state index is 12.2. The Labute approximate surface area is 148 Å². The van der Waals surface area contributed by atoms with Gasteiger partial charge in [0.15, 0.2) is 0 Å². The van der Waals surface area contributed by atoms with Crippen LogP contribution in [0.5, 0.6) is 0 Å². The number of nitrogens with one attached hydrogen (secondary N) is 1. The third-order valence-electron chi connectivity index (χ3n) is 3.88. The minimum absolute atomic E-state index is 0.102. The molecule has 0 saturated heterocycles. The van der Waals surface area contributed by atoms with Crippen molar-refractivity contribution in [2.45, 2.75) is 20.4 Å². The van der Waals surface area contributed by atoms with Crippen LogP contribution in [-0.2, 0) is 6.54 Å². The van der Waals surface area contributed by atoms with Crippen LogP contribution in [0.4, 0.5) is 0 Å². The van der Waals surface area contributed by atoms with Crippen LogP contribution in [0.1, 0.15) is 21.7 Å². The fourth-order valence-electron chi connectivity index (χ4n) is 2.71. The number of hydrogen-bond acceptors (Lipinski definition) is 3. The first kappa shape index (κ1) is 16.5. The molecule has 0 aliphatic heterocycles. The molecule has 1 N–H and O–H groups in total. The Morgan fingerprint density at radius 1 is 1.25 bits per heavy atom. The summed E-state index contributed by atoms with van der Waals surface area (Å²) in [7, 11) is 0. The van der Waals surface area contributed by atoms with E-state index in [-0.39, 0.29) is 5.91 Å². The third kappa shape index (κ3) is 3.28. The first-order valence-electron chi connectivity index (χ1n) is 7.68. The van der Waals surface area contributed by atoms with Crippen LogP contribution in [-0.4, -0.2) is 22.2 Å². The van der Waals surface area contributed by atoms with Gasteiger partial charge in [-0.15, -0.1) is 0 Å². The number of aromatic nitrogens is 2. The molecule has 0 fully saturated rings. The van der Waals surface area contributed by atoms with E-state index >= 15 is 0 Å². The summed E-state index contributed by atoms with van der Waals surface area (Å²) in [5.74, 6) is 0.712. The average Bonchev–Trinajstić information content (AvgIpc) is 3.16. The van der Waals surface area contributed by atoms with Crippen molar-refractivity contribution in [1.82, 2.24) is 15.1 Å². The van der Waals surface area contributed by atoms with Crippen molar-refractivity contribution in [1.29, 1.82) is 0 Å². The number of furan rings is 1. The van der Waals surface area contributed by atoms with Crippen molar-refractivity contribution < 1.29 is 9.21 Å². The lowest BCUT2D eigenvalue weighted by Crippen LogP contribution is -2.28. The second-order valence-corrected chi connectivity index (χ2v) is 6.34. The molecule has 0 aliphatic rings. The minimum atomic E-state index is -0.102. The van der Waals surface area contributed by atoms with Crippen molar-refractivity contribution in [2.75, 3.05) is 6.54 Å². The maximum absolute atomic E-state index is 12.2. The Morgan fingerprint density at radius 2 is 2.04 bits per heavy atom. The molecule has 5 nitrogen and oxygen atoms in total. The van der Waals surface area contributed by atoms with Crippen LogP contribution in [0, 0.1) is 13.8 Å². The van der Waals surface area contributed by atoms with Crippen LogP contribution >= 0.6 is 15.9 Å². The summed E-state index contributed by atoms with van der Waals surface area (Å²) in [5, 5.41) is 7.48. The lowest BCUT2D eigenvalue weighted by molar-refractivity contribution is 0.0951. The molecule has 2 aromatic heterocycles. The quantitative estimate of drug-likeness (QED) is 0.720. The number of carbonyl (C=O) groups excluding carboxylic acids is 1. The second kappa shape index (κ2) is 7.05. The van der Waals surface area contributed by atoms with E-state index in [1.807, 2.05) is 48.9 Å². The first-order valence-corrected chi connectivity index (χ1v) is 8.48. The number of benzene rings is 1. The number of hydrogen-bond donors (Lipinski definition) is 1. The summed E-state index contributed by atoms with van der Waals surface area (Å²) in [4.78, 5) is 12.2. The van der Waals surface area contributed by atoms with Gasteiger partial charge in [-0.3, -0.25) is 9.48 Å². The Kier molecular flexibility index (Phi) is 4.85. The Morgan fingerprint density at radius 3 is 2.75 bits per heavy atom. The van der Waals surface area contributed by atoms with Gasteiger partial charge in [0.1, 0.15) is 5.76 Å². The SMILES string of the molecule is Cc1nn(CCNC(=O)c2ccccc2Br)c(C)c1-c1ccco1. The van der Waals surface area contributed by atoms with Gasteiger partial charge in [-0.2, -0.15) is 5.10 Å². The zero-order chi connectivity index (χ0) is 17.1. The summed E-state index contributed by atoms with van der Waals surface area (Å²) in [6, 6.07) is 11.2. The molecule has 0 bridgehead atoms. The highest BCUT2D eigenvalue weighted by Crippen LogP contribution is 2.27. The Balaban J connectivity index is 1.67. The van der Waals surface area contributed by atoms with Gasteiger partial charge in [0.2, 0.25) is 0 Å². The molecular formula is C18H18BrN3O2. The highest BCUT2D eigenvalue weighted by atomic mass is 79.9. The van der Waals surface area contributed by atoms with E-state index in [4.69, 9.17) is 4.42 Å². The lowest BCUT2D eigenvalue weighted by Gasteiger charge is -2.08. The number of rotatable bonds is 5. The summed E-state index contributed by atoms with van der Waals surface area (Å²) < 4.78 is 8.16. The largest absolute Gasteiger partial charge is 0.464 e. The monoisotopic (exact) mass is 387 g/mol. The molecule has 1 amide bonds. The summed E-state index contributed by atoms with van der Waals surface area (Å²) in [5.41, 5.74) is 3.58. The van der Waals surface area contributed by atoms with Crippen LogP contribution in [0.3, 0.4) is 0 Å². The van der Waals surface area contributed by atoms with Gasteiger partial charge in [-0.05, 0) is 54.0 Å². The zero-order valence-corrected chi connectivity index (χ0v) is 15.1. The molecule has 124 valence electrons. The molecule has 0 spiro atoms. The topological polar surface area (TPSA) is 60.1 Å². The molecule has 3 rings (SSSR count). The molecule has 0 atom stereocenters. The van der Waals surface area contributed by atoms with Gasteiger partial charge in [0, 0.05) is 16.7 Å². The van der Waals surface area contributed by atoms with Crippen LogP contribution in [0.2, 0.25) is 0 Å². The van der Waals surface area contributed by atoms with E-state index in [0.717, 1.165) is 27.2 Å². The smallest absolute Gasteiger partial charge is 0.252 e. The number of amides is 1. The summed E-state index contributed by atoms with van der Waals surface area (Å²) in [6.45, 7) is 5.07. The predicted octanol–water partition coefficient (Wildman–Crippen LogP) is 3.95. The Hall–Kier alpha value is -2.34. The normalized spacial score (nSPS) is 10.8. The Bertz CT molecular complexity index is 853. The molecular weight excluding hydrogens is 370 g/mol.